The molecule has 1 aromatic heterocycles. The lowest BCUT2D eigenvalue weighted by Crippen LogP contribution is -2.32. The number of nitrogens with zero attached hydrogens (tertiary/aromatic N) is 2. The summed E-state index contributed by atoms with van der Waals surface area (Å²) in [5, 5.41) is 11.9. The summed E-state index contributed by atoms with van der Waals surface area (Å²) in [5.74, 6) is 0.616. The van der Waals surface area contributed by atoms with Crippen molar-refractivity contribution in [3.8, 4) is 0 Å². The van der Waals surface area contributed by atoms with Gasteiger partial charge in [0.25, 0.3) is 0 Å². The Kier molecular flexibility index (Phi) is 3.66. The summed E-state index contributed by atoms with van der Waals surface area (Å²) in [6.07, 6.45) is 0. The summed E-state index contributed by atoms with van der Waals surface area (Å²) >= 11 is 0. The van der Waals surface area contributed by atoms with Crippen LogP contribution in [0.5, 0.6) is 0 Å². The first-order chi connectivity index (χ1) is 12.1. The second-order valence-corrected chi connectivity index (χ2v) is 6.43. The Bertz CT molecular complexity index is 981. The van der Waals surface area contributed by atoms with Gasteiger partial charge in [0.2, 0.25) is 0 Å². The molecule has 0 saturated heterocycles. The second kappa shape index (κ2) is 5.87. The fraction of sp³-hybridized carbons (Fsp3) is 0.136. The van der Waals surface area contributed by atoms with Crippen LogP contribution in [-0.2, 0) is 12.6 Å². The molecule has 0 spiro atoms. The van der Waals surface area contributed by atoms with Crippen LogP contribution in [0.25, 0.3) is 11.0 Å². The first-order valence-corrected chi connectivity index (χ1v) is 8.37. The van der Waals surface area contributed by atoms with Crippen molar-refractivity contribution in [1.29, 1.82) is 0 Å². The maximum absolute atomic E-state index is 11.9. The summed E-state index contributed by atoms with van der Waals surface area (Å²) in [7, 11) is 1.96. The second-order valence-electron chi connectivity index (χ2n) is 6.43. The molecule has 1 N–H and O–H groups in total. The van der Waals surface area contributed by atoms with E-state index >= 15 is 0 Å². The Labute approximate surface area is 147 Å². The van der Waals surface area contributed by atoms with Crippen LogP contribution in [0.4, 0.5) is 0 Å². The summed E-state index contributed by atoms with van der Waals surface area (Å²) < 4.78 is 1.99. The van der Waals surface area contributed by atoms with Crippen LogP contribution in [0.15, 0.2) is 78.9 Å². The predicted molar refractivity (Wildman–Crippen MR) is 100 cm³/mol. The molecule has 0 amide bonds. The smallest absolute Gasteiger partial charge is 0.173 e. The van der Waals surface area contributed by atoms with Crippen molar-refractivity contribution in [3.05, 3.63) is 101 Å². The van der Waals surface area contributed by atoms with Gasteiger partial charge in [0.1, 0.15) is 0 Å². The quantitative estimate of drug-likeness (QED) is 0.613. The van der Waals surface area contributed by atoms with Crippen molar-refractivity contribution in [2.24, 2.45) is 7.05 Å². The molecule has 0 saturated carbocycles. The van der Waals surface area contributed by atoms with Crippen LogP contribution in [0.3, 0.4) is 0 Å². The van der Waals surface area contributed by atoms with Crippen molar-refractivity contribution in [2.75, 3.05) is 0 Å². The maximum atomic E-state index is 11.9. The fourth-order valence-electron chi connectivity index (χ4n) is 3.41. The minimum absolute atomic E-state index is 0.616. The third-order valence-electron chi connectivity index (χ3n) is 4.74. The van der Waals surface area contributed by atoms with E-state index in [0.29, 0.717) is 5.82 Å². The topological polar surface area (TPSA) is 38.1 Å². The van der Waals surface area contributed by atoms with Crippen molar-refractivity contribution >= 4 is 11.0 Å². The highest BCUT2D eigenvalue weighted by Gasteiger charge is 2.38. The van der Waals surface area contributed by atoms with E-state index in [2.05, 4.69) is 13.0 Å². The average Bonchev–Trinajstić information content (AvgIpc) is 2.99. The molecule has 3 aromatic carbocycles. The number of hydrogen-bond donors (Lipinski definition) is 1. The number of aryl methyl sites for hydroxylation is 2. The zero-order valence-corrected chi connectivity index (χ0v) is 14.3. The van der Waals surface area contributed by atoms with Crippen LogP contribution >= 0.6 is 0 Å². The van der Waals surface area contributed by atoms with Crippen molar-refractivity contribution < 1.29 is 5.11 Å². The third kappa shape index (κ3) is 2.44. The number of fused-ring (bicyclic) bond motifs is 1. The Morgan fingerprint density at radius 2 is 1.40 bits per heavy atom. The Balaban J connectivity index is 2.04. The van der Waals surface area contributed by atoms with E-state index in [1.165, 1.54) is 5.56 Å². The highest BCUT2D eigenvalue weighted by atomic mass is 16.3. The summed E-state index contributed by atoms with van der Waals surface area (Å²) in [6, 6.07) is 25.6. The van der Waals surface area contributed by atoms with E-state index in [4.69, 9.17) is 4.98 Å². The molecule has 0 aliphatic heterocycles. The lowest BCUT2D eigenvalue weighted by atomic mass is 9.85. The molecule has 0 unspecified atom stereocenters. The van der Waals surface area contributed by atoms with Gasteiger partial charge in [-0.1, -0.05) is 66.7 Å². The highest BCUT2D eigenvalue weighted by Crippen LogP contribution is 2.37. The molecule has 0 aliphatic carbocycles. The number of rotatable bonds is 3. The van der Waals surface area contributed by atoms with Crippen LogP contribution in [-0.4, -0.2) is 14.7 Å². The molecule has 0 bridgehead atoms. The van der Waals surface area contributed by atoms with E-state index in [0.717, 1.165) is 22.2 Å². The van der Waals surface area contributed by atoms with Crippen molar-refractivity contribution in [1.82, 2.24) is 9.55 Å². The lowest BCUT2D eigenvalue weighted by molar-refractivity contribution is 0.113. The lowest BCUT2D eigenvalue weighted by Gasteiger charge is -2.29. The standard InChI is InChI=1S/C22H20N2O/c1-16-13-14-19-20(15-16)24(2)21(23-19)22(25,17-9-5-3-6-10-17)18-11-7-4-8-12-18/h3-15,25H,1-2H3. The first kappa shape index (κ1) is 15.6. The SMILES string of the molecule is Cc1ccc2nc(C(O)(c3ccccc3)c3ccccc3)n(C)c2c1. The van der Waals surface area contributed by atoms with Crippen LogP contribution < -0.4 is 0 Å². The molecular formula is C22H20N2O. The fourth-order valence-corrected chi connectivity index (χ4v) is 3.41. The van der Waals surface area contributed by atoms with Gasteiger partial charge in [0, 0.05) is 7.05 Å². The van der Waals surface area contributed by atoms with E-state index in [-0.39, 0.29) is 0 Å². The van der Waals surface area contributed by atoms with E-state index in [1.807, 2.05) is 84.4 Å². The monoisotopic (exact) mass is 328 g/mol. The number of imidazole rings is 1. The molecule has 0 radical (unpaired) electrons. The number of aromatic nitrogens is 2. The molecule has 124 valence electrons. The van der Waals surface area contributed by atoms with Gasteiger partial charge in [-0.3, -0.25) is 0 Å². The van der Waals surface area contributed by atoms with Crippen LogP contribution in [0, 0.1) is 6.92 Å². The Morgan fingerprint density at radius 1 is 0.840 bits per heavy atom. The molecule has 3 nitrogen and oxygen atoms in total. The molecule has 4 rings (SSSR count). The molecule has 25 heavy (non-hydrogen) atoms. The summed E-state index contributed by atoms with van der Waals surface area (Å²) in [4.78, 5) is 4.79. The molecule has 1 heterocycles. The largest absolute Gasteiger partial charge is 0.373 e. The number of hydrogen-bond acceptors (Lipinski definition) is 2. The van der Waals surface area contributed by atoms with E-state index in [1.54, 1.807) is 0 Å². The first-order valence-electron chi connectivity index (χ1n) is 8.37. The number of benzene rings is 3. The van der Waals surface area contributed by atoms with E-state index < -0.39 is 5.60 Å². The molecular weight excluding hydrogens is 308 g/mol. The van der Waals surface area contributed by atoms with Gasteiger partial charge in [-0.25, -0.2) is 4.98 Å². The summed E-state index contributed by atoms with van der Waals surface area (Å²) in [6.45, 7) is 2.06. The van der Waals surface area contributed by atoms with Gasteiger partial charge in [-0.15, -0.1) is 0 Å². The average molecular weight is 328 g/mol. The Hall–Kier alpha value is -2.91. The molecule has 3 heteroatoms. The zero-order chi connectivity index (χ0) is 17.4. The third-order valence-corrected chi connectivity index (χ3v) is 4.74. The van der Waals surface area contributed by atoms with E-state index in [9.17, 15) is 5.11 Å². The molecule has 0 aliphatic rings. The van der Waals surface area contributed by atoms with Gasteiger partial charge in [-0.2, -0.15) is 0 Å². The minimum atomic E-state index is -1.32. The molecule has 0 fully saturated rings. The van der Waals surface area contributed by atoms with Crippen LogP contribution in [0.2, 0.25) is 0 Å². The molecule has 0 atom stereocenters. The minimum Gasteiger partial charge on any atom is -0.373 e. The van der Waals surface area contributed by atoms with Gasteiger partial charge >= 0.3 is 0 Å². The normalized spacial score (nSPS) is 11.8. The van der Waals surface area contributed by atoms with Gasteiger partial charge in [0.15, 0.2) is 11.4 Å². The zero-order valence-electron chi connectivity index (χ0n) is 14.3. The van der Waals surface area contributed by atoms with Crippen molar-refractivity contribution in [3.63, 3.8) is 0 Å². The van der Waals surface area contributed by atoms with Gasteiger partial charge in [-0.05, 0) is 35.7 Å². The number of aliphatic hydroxyl groups is 1. The summed E-state index contributed by atoms with van der Waals surface area (Å²) in [5.41, 5.74) is 3.36. The Morgan fingerprint density at radius 3 is 1.96 bits per heavy atom. The predicted octanol–water partition coefficient (Wildman–Crippen LogP) is 4.17. The highest BCUT2D eigenvalue weighted by molar-refractivity contribution is 5.77. The van der Waals surface area contributed by atoms with Gasteiger partial charge in [0.05, 0.1) is 11.0 Å². The van der Waals surface area contributed by atoms with Gasteiger partial charge < -0.3 is 9.67 Å². The van der Waals surface area contributed by atoms with Crippen molar-refractivity contribution in [2.45, 2.75) is 12.5 Å². The maximum Gasteiger partial charge on any atom is 0.173 e. The van der Waals surface area contributed by atoms with Crippen LogP contribution in [0.1, 0.15) is 22.5 Å². The molecule has 4 aromatic rings.